The number of nitrogens with one attached hydrogen (secondary N) is 1. The van der Waals surface area contributed by atoms with Gasteiger partial charge in [0.1, 0.15) is 11.9 Å². The van der Waals surface area contributed by atoms with Crippen molar-refractivity contribution in [2.45, 2.75) is 44.4 Å². The van der Waals surface area contributed by atoms with Gasteiger partial charge < -0.3 is 29.3 Å². The van der Waals surface area contributed by atoms with Gasteiger partial charge in [0.15, 0.2) is 5.85 Å². The minimum Gasteiger partial charge on any atom is -0.394 e. The molecule has 136 valence electrons. The van der Waals surface area contributed by atoms with Gasteiger partial charge >= 0.3 is 0 Å². The van der Waals surface area contributed by atoms with Crippen molar-refractivity contribution in [1.29, 1.82) is 5.41 Å². The molecule has 0 spiro atoms. The van der Waals surface area contributed by atoms with E-state index in [2.05, 4.69) is 0 Å². The molecule has 1 rings (SSSR count). The Morgan fingerprint density at radius 2 is 2.00 bits per heavy atom. The molecule has 8 heteroatoms. The highest BCUT2D eigenvalue weighted by atomic mass is 16.5. The lowest BCUT2D eigenvalue weighted by molar-refractivity contribution is -0.218. The molecule has 0 amide bonds. The Balaban J connectivity index is 2.86. The molecule has 0 aromatic rings. The molecule has 1 heterocycles. The lowest BCUT2D eigenvalue weighted by Gasteiger charge is -2.52. The smallest absolute Gasteiger partial charge is 0.195 e. The Kier molecular flexibility index (Phi) is 7.85. The van der Waals surface area contributed by atoms with Crippen molar-refractivity contribution in [2.24, 2.45) is 0 Å². The van der Waals surface area contributed by atoms with Crippen LogP contribution in [-0.2, 0) is 14.2 Å². The summed E-state index contributed by atoms with van der Waals surface area (Å²) in [7, 11) is 4.86. The van der Waals surface area contributed by atoms with Crippen molar-refractivity contribution >= 4 is 5.84 Å². The molecule has 1 aliphatic rings. The summed E-state index contributed by atoms with van der Waals surface area (Å²) in [6.07, 6.45) is -0.0671. The van der Waals surface area contributed by atoms with E-state index in [4.69, 9.17) is 19.6 Å². The number of aliphatic hydroxyl groups is 2. The van der Waals surface area contributed by atoms with E-state index in [1.54, 1.807) is 33.1 Å². The maximum Gasteiger partial charge on any atom is 0.195 e. The molecule has 0 aliphatic carbocycles. The Morgan fingerprint density at radius 3 is 2.52 bits per heavy atom. The van der Waals surface area contributed by atoms with Crippen LogP contribution in [0.5, 0.6) is 0 Å². The van der Waals surface area contributed by atoms with Gasteiger partial charge in [0.25, 0.3) is 0 Å². The molecular formula is C15H31N3O5. The van der Waals surface area contributed by atoms with Crippen LogP contribution in [0.1, 0.15) is 20.3 Å². The van der Waals surface area contributed by atoms with Crippen molar-refractivity contribution in [2.75, 3.05) is 47.6 Å². The largest absolute Gasteiger partial charge is 0.394 e. The second-order valence-corrected chi connectivity index (χ2v) is 6.02. The predicted octanol–water partition coefficient (Wildman–Crippen LogP) is -0.305. The molecule has 3 N–H and O–H groups in total. The summed E-state index contributed by atoms with van der Waals surface area (Å²) >= 11 is 0. The fraction of sp³-hybridized carbons (Fsp3) is 0.933. The Hall–Kier alpha value is -0.770. The molecule has 8 nitrogen and oxygen atoms in total. The predicted molar refractivity (Wildman–Crippen MR) is 86.4 cm³/mol. The number of rotatable bonds is 9. The molecule has 0 saturated carbocycles. The van der Waals surface area contributed by atoms with E-state index >= 15 is 0 Å². The zero-order chi connectivity index (χ0) is 17.6. The Bertz CT molecular complexity index is 380. The molecule has 0 aromatic carbocycles. The summed E-state index contributed by atoms with van der Waals surface area (Å²) in [5.41, 5.74) is 0. The third-order valence-corrected chi connectivity index (χ3v) is 4.55. The average Bonchev–Trinajstić information content (AvgIpc) is 2.53. The second-order valence-electron chi connectivity index (χ2n) is 6.02. The van der Waals surface area contributed by atoms with Gasteiger partial charge in [-0.05, 0) is 13.8 Å². The van der Waals surface area contributed by atoms with Crippen LogP contribution in [0.2, 0.25) is 0 Å². The number of aliphatic hydroxyl groups excluding tert-OH is 1. The van der Waals surface area contributed by atoms with Crippen LogP contribution >= 0.6 is 0 Å². The molecular weight excluding hydrogens is 302 g/mol. The van der Waals surface area contributed by atoms with Crippen molar-refractivity contribution in [3.63, 3.8) is 0 Å². The first-order valence-electron chi connectivity index (χ1n) is 7.84. The van der Waals surface area contributed by atoms with Gasteiger partial charge in [-0.3, -0.25) is 10.3 Å². The van der Waals surface area contributed by atoms with Crippen LogP contribution in [0.4, 0.5) is 0 Å². The summed E-state index contributed by atoms with van der Waals surface area (Å²) in [6.45, 7) is 4.55. The minimum absolute atomic E-state index is 0.136. The molecule has 1 aliphatic heterocycles. The highest BCUT2D eigenvalue weighted by molar-refractivity contribution is 5.80. The second kappa shape index (κ2) is 8.91. The fourth-order valence-electron chi connectivity index (χ4n) is 2.74. The quantitative estimate of drug-likeness (QED) is 0.532. The zero-order valence-electron chi connectivity index (χ0n) is 14.8. The molecule has 2 unspecified atom stereocenters. The van der Waals surface area contributed by atoms with Crippen LogP contribution in [0.3, 0.4) is 0 Å². The first-order valence-corrected chi connectivity index (χ1v) is 7.84. The van der Waals surface area contributed by atoms with E-state index in [9.17, 15) is 10.2 Å². The number of hydrogen-bond donors (Lipinski definition) is 3. The van der Waals surface area contributed by atoms with Gasteiger partial charge in [0, 0.05) is 34.2 Å². The van der Waals surface area contributed by atoms with Crippen LogP contribution in [0, 0.1) is 5.41 Å². The third-order valence-electron chi connectivity index (χ3n) is 4.55. The summed E-state index contributed by atoms with van der Waals surface area (Å²) in [6, 6.07) is -0.226. The highest BCUT2D eigenvalue weighted by Crippen LogP contribution is 2.27. The Labute approximate surface area is 138 Å². The van der Waals surface area contributed by atoms with Crippen molar-refractivity contribution in [1.82, 2.24) is 9.80 Å². The van der Waals surface area contributed by atoms with E-state index in [1.807, 2.05) is 11.8 Å². The average molecular weight is 333 g/mol. The molecule has 0 aromatic heterocycles. The van der Waals surface area contributed by atoms with Gasteiger partial charge in [0.2, 0.25) is 0 Å². The third kappa shape index (κ3) is 4.85. The number of methoxy groups -OCH3 is 2. The molecule has 1 saturated heterocycles. The van der Waals surface area contributed by atoms with Gasteiger partial charge in [-0.2, -0.15) is 0 Å². The van der Waals surface area contributed by atoms with Crippen molar-refractivity contribution < 1.29 is 24.4 Å². The number of amidine groups is 1. The van der Waals surface area contributed by atoms with Crippen LogP contribution in [-0.4, -0.2) is 97.6 Å². The van der Waals surface area contributed by atoms with Crippen molar-refractivity contribution in [3.8, 4) is 0 Å². The summed E-state index contributed by atoms with van der Waals surface area (Å²) in [4.78, 5) is 3.42. The standard InChI is InChI=1S/C15H31N3O5/c1-11(22-5)13(10-23-12(8-19)9-21-4)18-7-6-14(16)17(3)15(18,2)20/h11-13,16,19-20H,6-10H2,1-5H3/t11?,12-,13-,15?/m1/s1. The molecule has 1 fully saturated rings. The number of ether oxygens (including phenoxy) is 3. The molecule has 0 bridgehead atoms. The van der Waals surface area contributed by atoms with Crippen LogP contribution in [0.25, 0.3) is 0 Å². The van der Waals surface area contributed by atoms with E-state index in [-0.39, 0.29) is 25.4 Å². The summed E-state index contributed by atoms with van der Waals surface area (Å²) in [5.74, 6) is -0.907. The minimum atomic E-state index is -1.30. The zero-order valence-corrected chi connectivity index (χ0v) is 14.8. The highest BCUT2D eigenvalue weighted by Gasteiger charge is 2.44. The van der Waals surface area contributed by atoms with E-state index in [0.717, 1.165) is 0 Å². The monoisotopic (exact) mass is 333 g/mol. The SMILES string of the molecule is COC[C@@H](CO)OC[C@H](C(C)OC)N1CCC(=N)N(C)C1(C)O. The Morgan fingerprint density at radius 1 is 1.35 bits per heavy atom. The first-order chi connectivity index (χ1) is 10.8. The van der Waals surface area contributed by atoms with E-state index < -0.39 is 12.0 Å². The van der Waals surface area contributed by atoms with Gasteiger partial charge in [-0.25, -0.2) is 0 Å². The maximum absolute atomic E-state index is 10.8. The first kappa shape index (κ1) is 20.3. The normalized spacial score (nSPS) is 27.1. The number of nitrogens with zero attached hydrogens (tertiary/aromatic N) is 2. The van der Waals surface area contributed by atoms with E-state index in [1.165, 1.54) is 0 Å². The topological polar surface area (TPSA) is 98.5 Å². The summed E-state index contributed by atoms with van der Waals surface area (Å²) < 4.78 is 16.2. The van der Waals surface area contributed by atoms with E-state index in [0.29, 0.717) is 25.4 Å². The summed E-state index contributed by atoms with van der Waals surface area (Å²) in [5, 5.41) is 28.1. The number of hydrogen-bond acceptors (Lipinski definition) is 7. The lowest BCUT2D eigenvalue weighted by Crippen LogP contribution is -2.68. The van der Waals surface area contributed by atoms with Crippen LogP contribution < -0.4 is 0 Å². The van der Waals surface area contributed by atoms with Gasteiger partial charge in [-0.1, -0.05) is 0 Å². The van der Waals surface area contributed by atoms with Crippen molar-refractivity contribution in [3.05, 3.63) is 0 Å². The molecule has 23 heavy (non-hydrogen) atoms. The lowest BCUT2D eigenvalue weighted by atomic mass is 10.1. The van der Waals surface area contributed by atoms with Gasteiger partial charge in [-0.15, -0.1) is 0 Å². The maximum atomic E-state index is 10.8. The molecule has 0 radical (unpaired) electrons. The van der Waals surface area contributed by atoms with Crippen LogP contribution in [0.15, 0.2) is 0 Å². The van der Waals surface area contributed by atoms with Gasteiger partial charge in [0.05, 0.1) is 32.0 Å². The fourth-order valence-corrected chi connectivity index (χ4v) is 2.74. The molecule has 4 atom stereocenters.